The Balaban J connectivity index is 1.46. The number of hydrogen-bond donors (Lipinski definition) is 0. The molecule has 2 aliphatic rings. The monoisotopic (exact) mass is 540 g/mol. The van der Waals surface area contributed by atoms with Gasteiger partial charge in [0.15, 0.2) is 11.6 Å². The number of ether oxygens (including phenoxy) is 1. The van der Waals surface area contributed by atoms with E-state index in [1.54, 1.807) is 36.5 Å². The number of halogens is 2. The molecule has 3 aromatic rings. The fourth-order valence-electron chi connectivity index (χ4n) is 6.11. The van der Waals surface area contributed by atoms with Crippen LogP contribution in [0.3, 0.4) is 0 Å². The zero-order valence-electron chi connectivity index (χ0n) is 22.0. The van der Waals surface area contributed by atoms with Gasteiger partial charge in [0.25, 0.3) is 0 Å². The lowest BCUT2D eigenvalue weighted by Gasteiger charge is -2.57. The summed E-state index contributed by atoms with van der Waals surface area (Å²) in [5, 5.41) is 0. The Morgan fingerprint density at radius 3 is 2.37 bits per heavy atom. The minimum absolute atomic E-state index is 0.0186. The highest BCUT2D eigenvalue weighted by Gasteiger charge is 2.50. The molecule has 1 unspecified atom stereocenters. The Hall–Kier alpha value is -2.65. The van der Waals surface area contributed by atoms with Crippen molar-refractivity contribution in [3.05, 3.63) is 89.0 Å². The van der Waals surface area contributed by atoms with Crippen molar-refractivity contribution in [2.75, 3.05) is 33.4 Å². The Bertz CT molecular complexity index is 1410. The van der Waals surface area contributed by atoms with Crippen LogP contribution in [0.1, 0.15) is 35.4 Å². The number of fused-ring (bicyclic) bond motifs is 1. The van der Waals surface area contributed by atoms with Crippen LogP contribution in [0.15, 0.2) is 65.6 Å². The SMILES string of the molecule is COC[C@@H]1C(c2ccc(-c3ccc(F)c(F)c3C)cc2)[C@@H]2CN(S(=O)(=O)c3ccccc3C)CCCCN12. The molecular weight excluding hydrogens is 506 g/mol. The summed E-state index contributed by atoms with van der Waals surface area (Å²) in [5.41, 5.74) is 3.58. The summed E-state index contributed by atoms with van der Waals surface area (Å²) in [7, 11) is -1.94. The van der Waals surface area contributed by atoms with Crippen LogP contribution in [0.2, 0.25) is 0 Å². The second-order valence-corrected chi connectivity index (χ2v) is 12.3. The number of nitrogens with zero attached hydrogens (tertiary/aromatic N) is 2. The standard InChI is InChI=1S/C30H34F2N2O3S/c1-20-8-4-5-9-28(20)38(35,36)33-16-6-7-17-34-26(18-33)29(27(34)19-37-3)23-12-10-22(11-13-23)24-14-15-25(31)30(32)21(24)2/h4-5,8-15,26-27,29H,6-7,16-19H2,1-3H3/t26-,27+,29?/m0/s1. The van der Waals surface area contributed by atoms with E-state index in [9.17, 15) is 17.2 Å². The summed E-state index contributed by atoms with van der Waals surface area (Å²) in [6.07, 6.45) is 1.72. The third-order valence-corrected chi connectivity index (χ3v) is 10.2. The van der Waals surface area contributed by atoms with E-state index in [-0.39, 0.29) is 23.6 Å². The van der Waals surface area contributed by atoms with Gasteiger partial charge < -0.3 is 4.74 Å². The van der Waals surface area contributed by atoms with E-state index in [4.69, 9.17) is 4.74 Å². The van der Waals surface area contributed by atoms with Crippen LogP contribution < -0.4 is 0 Å². The molecule has 2 saturated heterocycles. The van der Waals surface area contributed by atoms with Crippen LogP contribution in [-0.2, 0) is 14.8 Å². The van der Waals surface area contributed by atoms with E-state index < -0.39 is 21.7 Å². The first-order valence-corrected chi connectivity index (χ1v) is 14.5. The highest BCUT2D eigenvalue weighted by Crippen LogP contribution is 2.43. The maximum absolute atomic E-state index is 14.2. The highest BCUT2D eigenvalue weighted by molar-refractivity contribution is 7.89. The number of methoxy groups -OCH3 is 1. The first-order valence-electron chi connectivity index (χ1n) is 13.1. The average Bonchev–Trinajstić information content (AvgIpc) is 2.89. The molecule has 38 heavy (non-hydrogen) atoms. The minimum Gasteiger partial charge on any atom is -0.383 e. The van der Waals surface area contributed by atoms with Gasteiger partial charge in [-0.15, -0.1) is 0 Å². The second-order valence-electron chi connectivity index (χ2n) is 10.3. The predicted molar refractivity (Wildman–Crippen MR) is 145 cm³/mol. The maximum Gasteiger partial charge on any atom is 0.243 e. The van der Waals surface area contributed by atoms with Gasteiger partial charge in [0.05, 0.1) is 11.5 Å². The van der Waals surface area contributed by atoms with Gasteiger partial charge in [0.2, 0.25) is 10.0 Å². The lowest BCUT2D eigenvalue weighted by molar-refractivity contribution is -0.0635. The van der Waals surface area contributed by atoms with Crippen LogP contribution >= 0.6 is 0 Å². The minimum atomic E-state index is -3.64. The smallest absolute Gasteiger partial charge is 0.243 e. The quantitative estimate of drug-likeness (QED) is 0.413. The van der Waals surface area contributed by atoms with Crippen LogP contribution in [0, 0.1) is 25.5 Å². The summed E-state index contributed by atoms with van der Waals surface area (Å²) in [6.45, 7) is 5.77. The van der Waals surface area contributed by atoms with Crippen molar-refractivity contribution in [3.63, 3.8) is 0 Å². The summed E-state index contributed by atoms with van der Waals surface area (Å²) in [6, 6.07) is 18.0. The van der Waals surface area contributed by atoms with Gasteiger partial charge in [0, 0.05) is 38.2 Å². The molecule has 2 aliphatic heterocycles. The Morgan fingerprint density at radius 1 is 0.947 bits per heavy atom. The van der Waals surface area contributed by atoms with E-state index in [1.807, 2.05) is 43.3 Å². The van der Waals surface area contributed by atoms with E-state index in [0.29, 0.717) is 30.2 Å². The number of benzene rings is 3. The van der Waals surface area contributed by atoms with Gasteiger partial charge in [-0.3, -0.25) is 4.90 Å². The van der Waals surface area contributed by atoms with Crippen LogP contribution in [0.25, 0.3) is 11.1 Å². The normalized spacial score (nSPS) is 22.8. The molecule has 0 aromatic heterocycles. The molecule has 0 N–H and O–H groups in total. The maximum atomic E-state index is 14.2. The van der Waals surface area contributed by atoms with Gasteiger partial charge in [0.1, 0.15) is 0 Å². The lowest BCUT2D eigenvalue weighted by Crippen LogP contribution is -2.68. The summed E-state index contributed by atoms with van der Waals surface area (Å²) >= 11 is 0. The zero-order valence-corrected chi connectivity index (χ0v) is 22.8. The molecule has 0 aliphatic carbocycles. The highest BCUT2D eigenvalue weighted by atomic mass is 32.2. The topological polar surface area (TPSA) is 49.9 Å². The first kappa shape index (κ1) is 26.9. The predicted octanol–water partition coefficient (Wildman–Crippen LogP) is 5.52. The van der Waals surface area contributed by atoms with E-state index in [0.717, 1.165) is 42.1 Å². The summed E-state index contributed by atoms with van der Waals surface area (Å²) in [4.78, 5) is 2.75. The summed E-state index contributed by atoms with van der Waals surface area (Å²) < 4.78 is 62.5. The molecule has 5 rings (SSSR count). The summed E-state index contributed by atoms with van der Waals surface area (Å²) in [5.74, 6) is -1.59. The number of aryl methyl sites for hydroxylation is 1. The van der Waals surface area contributed by atoms with Gasteiger partial charge in [-0.05, 0) is 73.2 Å². The van der Waals surface area contributed by atoms with Gasteiger partial charge in [-0.2, -0.15) is 4.31 Å². The fraction of sp³-hybridized carbons (Fsp3) is 0.400. The molecule has 8 heteroatoms. The zero-order chi connectivity index (χ0) is 27.0. The molecule has 2 fully saturated rings. The molecule has 0 radical (unpaired) electrons. The molecule has 0 spiro atoms. The van der Waals surface area contributed by atoms with Crippen LogP contribution in [-0.4, -0.2) is 63.1 Å². The van der Waals surface area contributed by atoms with E-state index in [2.05, 4.69) is 4.90 Å². The Labute approximate surface area is 224 Å². The van der Waals surface area contributed by atoms with Crippen molar-refractivity contribution in [2.24, 2.45) is 0 Å². The molecule has 5 nitrogen and oxygen atoms in total. The first-order chi connectivity index (χ1) is 18.2. The molecule has 202 valence electrons. The molecule has 0 bridgehead atoms. The Kier molecular flexibility index (Phi) is 7.69. The molecule has 0 amide bonds. The van der Waals surface area contributed by atoms with Crippen LogP contribution in [0.5, 0.6) is 0 Å². The van der Waals surface area contributed by atoms with Crippen LogP contribution in [0.4, 0.5) is 8.78 Å². The van der Waals surface area contributed by atoms with Gasteiger partial charge >= 0.3 is 0 Å². The third kappa shape index (κ3) is 4.79. The Morgan fingerprint density at radius 2 is 1.66 bits per heavy atom. The molecular formula is C30H34F2N2O3S. The van der Waals surface area contributed by atoms with E-state index in [1.165, 1.54) is 0 Å². The number of sulfonamides is 1. The van der Waals surface area contributed by atoms with Crippen molar-refractivity contribution in [3.8, 4) is 11.1 Å². The van der Waals surface area contributed by atoms with Crippen molar-refractivity contribution in [1.29, 1.82) is 0 Å². The largest absolute Gasteiger partial charge is 0.383 e. The van der Waals surface area contributed by atoms with Crippen molar-refractivity contribution >= 4 is 10.0 Å². The van der Waals surface area contributed by atoms with Crippen molar-refractivity contribution in [2.45, 2.75) is 49.6 Å². The number of hydrogen-bond acceptors (Lipinski definition) is 4. The molecule has 2 heterocycles. The van der Waals surface area contributed by atoms with Gasteiger partial charge in [-0.1, -0.05) is 48.5 Å². The van der Waals surface area contributed by atoms with Gasteiger partial charge in [-0.25, -0.2) is 17.2 Å². The third-order valence-electron chi connectivity index (χ3n) is 8.14. The average molecular weight is 541 g/mol. The molecule has 0 saturated carbocycles. The molecule has 3 aromatic carbocycles. The van der Waals surface area contributed by atoms with Crippen molar-refractivity contribution in [1.82, 2.24) is 9.21 Å². The fourth-order valence-corrected chi connectivity index (χ4v) is 7.84. The second kappa shape index (κ2) is 10.8. The molecule has 3 atom stereocenters. The lowest BCUT2D eigenvalue weighted by atomic mass is 9.74. The van der Waals surface area contributed by atoms with Crippen molar-refractivity contribution < 1.29 is 21.9 Å². The van der Waals surface area contributed by atoms with E-state index >= 15 is 0 Å². The number of rotatable bonds is 6.